The highest BCUT2D eigenvalue weighted by atomic mass is 35.5. The molecule has 0 aliphatic carbocycles. The summed E-state index contributed by atoms with van der Waals surface area (Å²) in [4.78, 5) is 3.99. The molecular weight excluding hydrogens is 146 g/mol. The Morgan fingerprint density at radius 1 is 1.50 bits per heavy atom. The lowest BCUT2D eigenvalue weighted by Crippen LogP contribution is -1.86. The minimum Gasteiger partial charge on any atom is -0.289 e. The first-order valence-corrected chi connectivity index (χ1v) is 3.51. The molecule has 0 aromatic carbocycles. The van der Waals surface area contributed by atoms with Crippen molar-refractivity contribution in [3.8, 4) is 0 Å². The van der Waals surface area contributed by atoms with Crippen molar-refractivity contribution in [2.24, 2.45) is 4.99 Å². The predicted octanol–water partition coefficient (Wildman–Crippen LogP) is 2.78. The molecular formula is C8H12ClN. The van der Waals surface area contributed by atoms with Crippen molar-refractivity contribution in [2.45, 2.75) is 13.8 Å². The van der Waals surface area contributed by atoms with Gasteiger partial charge in [-0.05, 0) is 26.0 Å². The molecule has 0 saturated carbocycles. The summed E-state index contributed by atoms with van der Waals surface area (Å²) in [6.45, 7) is 3.78. The number of halogens is 1. The van der Waals surface area contributed by atoms with Crippen LogP contribution in [0.3, 0.4) is 0 Å². The second-order valence-corrected chi connectivity index (χ2v) is 2.48. The first kappa shape index (κ1) is 9.44. The van der Waals surface area contributed by atoms with Crippen LogP contribution in [0.15, 0.2) is 28.3 Å². The third kappa shape index (κ3) is 4.33. The maximum absolute atomic E-state index is 5.63. The van der Waals surface area contributed by atoms with Gasteiger partial charge in [-0.15, -0.1) is 0 Å². The number of nitrogens with zero attached hydrogens (tertiary/aromatic N) is 1. The van der Waals surface area contributed by atoms with E-state index in [0.29, 0.717) is 0 Å². The fraction of sp³-hybridized carbons (Fsp3) is 0.375. The fourth-order valence-corrected chi connectivity index (χ4v) is 0.674. The van der Waals surface area contributed by atoms with E-state index >= 15 is 0 Å². The molecule has 1 nitrogen and oxygen atoms in total. The summed E-state index contributed by atoms with van der Waals surface area (Å²) in [5.41, 5.74) is 0.898. The van der Waals surface area contributed by atoms with Gasteiger partial charge in [0.1, 0.15) is 0 Å². The number of allylic oxidation sites excluding steroid dienone is 4. The molecule has 0 unspecified atom stereocenters. The third-order valence-corrected chi connectivity index (χ3v) is 1.05. The zero-order valence-electron chi connectivity index (χ0n) is 6.56. The van der Waals surface area contributed by atoms with Crippen LogP contribution in [-0.2, 0) is 0 Å². The summed E-state index contributed by atoms with van der Waals surface area (Å²) in [7, 11) is 1.74. The Hall–Kier alpha value is -0.560. The second-order valence-electron chi connectivity index (χ2n) is 1.88. The Balaban J connectivity index is 4.26. The van der Waals surface area contributed by atoms with Crippen LogP contribution in [0.25, 0.3) is 0 Å². The van der Waals surface area contributed by atoms with Gasteiger partial charge in [0.05, 0.1) is 5.71 Å². The average Bonchev–Trinajstić information content (AvgIpc) is 1.86. The summed E-state index contributed by atoms with van der Waals surface area (Å²) in [6, 6.07) is 0. The molecule has 56 valence electrons. The van der Waals surface area contributed by atoms with Gasteiger partial charge >= 0.3 is 0 Å². The standard InChI is InChI=1S/C8H12ClN/c1-4-5-8(10-3)6-7(2)9/h4-6H,1-3H3/b5-4-,7-6+,10-8?. The van der Waals surface area contributed by atoms with Crippen molar-refractivity contribution < 1.29 is 0 Å². The Morgan fingerprint density at radius 2 is 2.10 bits per heavy atom. The highest BCUT2D eigenvalue weighted by Gasteiger charge is 1.85. The van der Waals surface area contributed by atoms with E-state index in [1.807, 2.05) is 32.1 Å². The van der Waals surface area contributed by atoms with Gasteiger partial charge in [-0.2, -0.15) is 0 Å². The van der Waals surface area contributed by atoms with Crippen molar-refractivity contribution in [1.29, 1.82) is 0 Å². The molecule has 0 rings (SSSR count). The smallest absolute Gasteiger partial charge is 0.0578 e. The Morgan fingerprint density at radius 3 is 2.40 bits per heavy atom. The lowest BCUT2D eigenvalue weighted by molar-refractivity contribution is 1.45. The van der Waals surface area contributed by atoms with Crippen LogP contribution in [0.2, 0.25) is 0 Å². The van der Waals surface area contributed by atoms with Crippen LogP contribution in [0.1, 0.15) is 13.8 Å². The van der Waals surface area contributed by atoms with Crippen LogP contribution in [-0.4, -0.2) is 12.8 Å². The van der Waals surface area contributed by atoms with Gasteiger partial charge in [-0.1, -0.05) is 17.7 Å². The number of rotatable bonds is 2. The van der Waals surface area contributed by atoms with Gasteiger partial charge in [-0.25, -0.2) is 0 Å². The summed E-state index contributed by atoms with van der Waals surface area (Å²) in [5, 5.41) is 0.749. The minimum atomic E-state index is 0.749. The third-order valence-electron chi connectivity index (χ3n) is 0.942. The summed E-state index contributed by atoms with van der Waals surface area (Å²) >= 11 is 5.63. The summed E-state index contributed by atoms with van der Waals surface area (Å²) < 4.78 is 0. The van der Waals surface area contributed by atoms with Gasteiger partial charge < -0.3 is 0 Å². The van der Waals surface area contributed by atoms with Gasteiger partial charge in [0.2, 0.25) is 0 Å². The fourth-order valence-electron chi connectivity index (χ4n) is 0.562. The van der Waals surface area contributed by atoms with E-state index in [2.05, 4.69) is 4.99 Å². The Labute approximate surface area is 67.1 Å². The Kier molecular flexibility index (Phi) is 4.95. The molecule has 0 atom stereocenters. The highest BCUT2D eigenvalue weighted by Crippen LogP contribution is 1.99. The molecule has 0 saturated heterocycles. The molecule has 2 heteroatoms. The topological polar surface area (TPSA) is 12.4 Å². The molecule has 0 heterocycles. The van der Waals surface area contributed by atoms with Gasteiger partial charge in [0.25, 0.3) is 0 Å². The van der Waals surface area contributed by atoms with E-state index < -0.39 is 0 Å². The van der Waals surface area contributed by atoms with Gasteiger partial charge in [0, 0.05) is 12.1 Å². The van der Waals surface area contributed by atoms with E-state index in [-0.39, 0.29) is 0 Å². The first-order valence-electron chi connectivity index (χ1n) is 3.14. The number of aliphatic imine (C=N–C) groups is 1. The molecule has 0 amide bonds. The minimum absolute atomic E-state index is 0.749. The van der Waals surface area contributed by atoms with E-state index in [1.165, 1.54) is 0 Å². The largest absolute Gasteiger partial charge is 0.289 e. The monoisotopic (exact) mass is 157 g/mol. The predicted molar refractivity (Wildman–Crippen MR) is 47.8 cm³/mol. The maximum atomic E-state index is 5.63. The normalized spacial score (nSPS) is 14.8. The zero-order chi connectivity index (χ0) is 7.98. The van der Waals surface area contributed by atoms with E-state index in [9.17, 15) is 0 Å². The molecule has 0 fully saturated rings. The van der Waals surface area contributed by atoms with Gasteiger partial charge in [0.15, 0.2) is 0 Å². The molecule has 0 radical (unpaired) electrons. The first-order chi connectivity index (χ1) is 4.70. The van der Waals surface area contributed by atoms with Crippen LogP contribution in [0, 0.1) is 0 Å². The van der Waals surface area contributed by atoms with E-state index in [4.69, 9.17) is 11.6 Å². The zero-order valence-corrected chi connectivity index (χ0v) is 7.31. The van der Waals surface area contributed by atoms with Crippen LogP contribution in [0.5, 0.6) is 0 Å². The second kappa shape index (κ2) is 5.24. The molecule has 0 bridgehead atoms. The van der Waals surface area contributed by atoms with Crippen molar-refractivity contribution in [3.05, 3.63) is 23.3 Å². The molecule has 0 aromatic rings. The van der Waals surface area contributed by atoms with Crippen molar-refractivity contribution >= 4 is 17.3 Å². The van der Waals surface area contributed by atoms with E-state index in [1.54, 1.807) is 7.05 Å². The van der Waals surface area contributed by atoms with E-state index in [0.717, 1.165) is 10.7 Å². The summed E-state index contributed by atoms with van der Waals surface area (Å²) in [5.74, 6) is 0. The van der Waals surface area contributed by atoms with Crippen LogP contribution >= 0.6 is 11.6 Å². The maximum Gasteiger partial charge on any atom is 0.0578 e. The number of hydrogen-bond donors (Lipinski definition) is 0. The quantitative estimate of drug-likeness (QED) is 0.547. The summed E-state index contributed by atoms with van der Waals surface area (Å²) in [6.07, 6.45) is 5.66. The van der Waals surface area contributed by atoms with Crippen molar-refractivity contribution in [3.63, 3.8) is 0 Å². The SMILES string of the molecule is C/C=C\C(/C=C(\C)Cl)=NC. The molecule has 0 aromatic heterocycles. The number of hydrogen-bond acceptors (Lipinski definition) is 1. The molecule has 0 aliphatic rings. The van der Waals surface area contributed by atoms with Crippen molar-refractivity contribution in [1.82, 2.24) is 0 Å². The van der Waals surface area contributed by atoms with Gasteiger partial charge in [-0.3, -0.25) is 4.99 Å². The van der Waals surface area contributed by atoms with Crippen molar-refractivity contribution in [2.75, 3.05) is 7.05 Å². The molecule has 0 spiro atoms. The molecule has 0 aliphatic heterocycles. The average molecular weight is 158 g/mol. The highest BCUT2D eigenvalue weighted by molar-refractivity contribution is 6.31. The lowest BCUT2D eigenvalue weighted by atomic mass is 10.3. The lowest BCUT2D eigenvalue weighted by Gasteiger charge is -1.89. The molecule has 10 heavy (non-hydrogen) atoms. The van der Waals surface area contributed by atoms with Crippen LogP contribution in [0.4, 0.5) is 0 Å². The Bertz CT molecular complexity index is 174. The molecule has 0 N–H and O–H groups in total. The van der Waals surface area contributed by atoms with Crippen LogP contribution < -0.4 is 0 Å².